The Bertz CT molecular complexity index is 393. The monoisotopic (exact) mass is 193 g/mol. The third-order valence-corrected chi connectivity index (χ3v) is 2.83. The van der Waals surface area contributed by atoms with Crippen LogP contribution in [-0.4, -0.2) is 9.55 Å². The van der Waals surface area contributed by atoms with Crippen LogP contribution in [0.1, 0.15) is 25.0 Å². The number of nitrogen functional groups attached to an aromatic ring is 1. The highest BCUT2D eigenvalue weighted by atomic mass is 16.1. The van der Waals surface area contributed by atoms with Gasteiger partial charge in [-0.05, 0) is 25.7 Å². The Morgan fingerprint density at radius 3 is 2.86 bits per heavy atom. The minimum Gasteiger partial charge on any atom is -0.369 e. The predicted molar refractivity (Wildman–Crippen MR) is 55.0 cm³/mol. The molecule has 14 heavy (non-hydrogen) atoms. The summed E-state index contributed by atoms with van der Waals surface area (Å²) < 4.78 is 1.58. The lowest BCUT2D eigenvalue weighted by Gasteiger charge is -2.26. The van der Waals surface area contributed by atoms with E-state index in [2.05, 4.69) is 4.98 Å². The average molecular weight is 193 g/mol. The molecule has 0 spiro atoms. The van der Waals surface area contributed by atoms with Crippen molar-refractivity contribution in [2.75, 3.05) is 5.73 Å². The van der Waals surface area contributed by atoms with Gasteiger partial charge in [-0.2, -0.15) is 0 Å². The summed E-state index contributed by atoms with van der Waals surface area (Å²) in [5.41, 5.74) is 6.37. The molecular formula is C10H15N3O. The number of aromatic nitrogens is 2. The van der Waals surface area contributed by atoms with Crippen molar-refractivity contribution in [3.8, 4) is 0 Å². The van der Waals surface area contributed by atoms with E-state index in [-0.39, 0.29) is 5.56 Å². The first kappa shape index (κ1) is 9.24. The lowest BCUT2D eigenvalue weighted by molar-refractivity contribution is 0.274. The third kappa shape index (κ3) is 1.64. The molecule has 4 nitrogen and oxygen atoms in total. The van der Waals surface area contributed by atoms with Gasteiger partial charge in [0.25, 0.3) is 5.56 Å². The molecule has 2 rings (SSSR count). The lowest BCUT2D eigenvalue weighted by atomic mass is 9.85. The summed E-state index contributed by atoms with van der Waals surface area (Å²) in [4.78, 5) is 15.7. The van der Waals surface area contributed by atoms with Crippen LogP contribution in [0.15, 0.2) is 10.9 Å². The van der Waals surface area contributed by atoms with E-state index in [4.69, 9.17) is 5.73 Å². The molecule has 1 heterocycles. The lowest BCUT2D eigenvalue weighted by Crippen LogP contribution is -2.29. The largest absolute Gasteiger partial charge is 0.369 e. The number of anilines is 1. The molecule has 0 bridgehead atoms. The fourth-order valence-electron chi connectivity index (χ4n) is 1.76. The van der Waals surface area contributed by atoms with Gasteiger partial charge in [-0.25, -0.2) is 4.98 Å². The zero-order valence-electron chi connectivity index (χ0n) is 8.36. The summed E-state index contributed by atoms with van der Waals surface area (Å²) in [5.74, 6) is 0.974. The van der Waals surface area contributed by atoms with Crippen LogP contribution in [0, 0.1) is 12.8 Å². The summed E-state index contributed by atoms with van der Waals surface area (Å²) in [6.07, 6.45) is 3.69. The van der Waals surface area contributed by atoms with E-state index < -0.39 is 0 Å². The molecule has 0 unspecified atom stereocenters. The van der Waals surface area contributed by atoms with Crippen molar-refractivity contribution >= 4 is 5.95 Å². The van der Waals surface area contributed by atoms with Crippen molar-refractivity contribution in [2.24, 2.45) is 5.92 Å². The third-order valence-electron chi connectivity index (χ3n) is 2.83. The van der Waals surface area contributed by atoms with Crippen molar-refractivity contribution in [1.82, 2.24) is 9.55 Å². The second-order valence-corrected chi connectivity index (χ2v) is 4.00. The molecule has 1 aromatic rings. The SMILES string of the molecule is Cc1cc(=O)n(CC2CCC2)c(N)n1. The molecule has 0 radical (unpaired) electrons. The zero-order chi connectivity index (χ0) is 10.1. The van der Waals surface area contributed by atoms with Crippen molar-refractivity contribution in [1.29, 1.82) is 0 Å². The molecule has 0 amide bonds. The zero-order valence-corrected chi connectivity index (χ0v) is 8.36. The molecule has 76 valence electrons. The highest BCUT2D eigenvalue weighted by Gasteiger charge is 2.19. The molecule has 2 N–H and O–H groups in total. The fourth-order valence-corrected chi connectivity index (χ4v) is 1.76. The Hall–Kier alpha value is -1.32. The number of nitrogens with zero attached hydrogens (tertiary/aromatic N) is 2. The summed E-state index contributed by atoms with van der Waals surface area (Å²) in [5, 5.41) is 0. The second kappa shape index (κ2) is 3.44. The Morgan fingerprint density at radius 2 is 2.36 bits per heavy atom. The van der Waals surface area contributed by atoms with Crippen molar-refractivity contribution in [2.45, 2.75) is 32.7 Å². The number of rotatable bonds is 2. The van der Waals surface area contributed by atoms with Gasteiger partial charge < -0.3 is 5.73 Å². The molecular weight excluding hydrogens is 178 g/mol. The molecule has 1 aliphatic rings. The van der Waals surface area contributed by atoms with Gasteiger partial charge in [-0.15, -0.1) is 0 Å². The van der Waals surface area contributed by atoms with E-state index >= 15 is 0 Å². The van der Waals surface area contributed by atoms with Gasteiger partial charge in [0, 0.05) is 18.3 Å². The smallest absolute Gasteiger partial charge is 0.255 e. The van der Waals surface area contributed by atoms with Crippen LogP contribution in [0.2, 0.25) is 0 Å². The van der Waals surface area contributed by atoms with Crippen molar-refractivity contribution < 1.29 is 0 Å². The summed E-state index contributed by atoms with van der Waals surface area (Å²) >= 11 is 0. The second-order valence-electron chi connectivity index (χ2n) is 4.00. The highest BCUT2D eigenvalue weighted by Crippen LogP contribution is 2.27. The summed E-state index contributed by atoms with van der Waals surface area (Å²) in [6, 6.07) is 1.54. The quantitative estimate of drug-likeness (QED) is 0.760. The molecule has 0 aromatic carbocycles. The minimum absolute atomic E-state index is 0.0260. The highest BCUT2D eigenvalue weighted by molar-refractivity contribution is 5.19. The van der Waals surface area contributed by atoms with Crippen molar-refractivity contribution in [3.63, 3.8) is 0 Å². The predicted octanol–water partition coefficient (Wildman–Crippen LogP) is 0.934. The maximum Gasteiger partial charge on any atom is 0.255 e. The molecule has 1 aliphatic carbocycles. The fraction of sp³-hybridized carbons (Fsp3) is 0.600. The Labute approximate surface area is 82.8 Å². The standard InChI is InChI=1S/C10H15N3O/c1-7-5-9(14)13(10(11)12-7)6-8-3-2-4-8/h5,8H,2-4,6H2,1H3,(H2,11,12). The average Bonchev–Trinajstić information content (AvgIpc) is 1.98. The van der Waals surface area contributed by atoms with E-state index in [0.29, 0.717) is 17.6 Å². The first-order valence-electron chi connectivity index (χ1n) is 5.01. The normalized spacial score (nSPS) is 16.6. The van der Waals surface area contributed by atoms with Crippen LogP contribution in [0.3, 0.4) is 0 Å². The van der Waals surface area contributed by atoms with Crippen LogP contribution < -0.4 is 11.3 Å². The Kier molecular flexibility index (Phi) is 2.27. The summed E-state index contributed by atoms with van der Waals surface area (Å²) in [6.45, 7) is 2.52. The first-order valence-corrected chi connectivity index (χ1v) is 5.01. The number of hydrogen-bond acceptors (Lipinski definition) is 3. The molecule has 1 fully saturated rings. The molecule has 0 saturated heterocycles. The van der Waals surface area contributed by atoms with E-state index in [0.717, 1.165) is 6.54 Å². The Balaban J connectivity index is 2.27. The van der Waals surface area contributed by atoms with Gasteiger partial charge >= 0.3 is 0 Å². The van der Waals surface area contributed by atoms with Crippen LogP contribution in [0.5, 0.6) is 0 Å². The minimum atomic E-state index is -0.0260. The van der Waals surface area contributed by atoms with Crippen molar-refractivity contribution in [3.05, 3.63) is 22.1 Å². The van der Waals surface area contributed by atoms with Crippen LogP contribution in [0.25, 0.3) is 0 Å². The van der Waals surface area contributed by atoms with Gasteiger partial charge in [-0.1, -0.05) is 6.42 Å². The molecule has 4 heteroatoms. The van der Waals surface area contributed by atoms with Gasteiger partial charge in [0.15, 0.2) is 0 Å². The molecule has 0 aliphatic heterocycles. The maximum atomic E-state index is 11.6. The van der Waals surface area contributed by atoms with Crippen LogP contribution in [0.4, 0.5) is 5.95 Å². The number of aryl methyl sites for hydroxylation is 1. The van der Waals surface area contributed by atoms with E-state index in [1.807, 2.05) is 0 Å². The molecule has 1 aromatic heterocycles. The van der Waals surface area contributed by atoms with Gasteiger partial charge in [0.1, 0.15) is 0 Å². The van der Waals surface area contributed by atoms with E-state index in [1.54, 1.807) is 11.5 Å². The van der Waals surface area contributed by atoms with E-state index in [9.17, 15) is 4.79 Å². The van der Waals surface area contributed by atoms with Gasteiger partial charge in [-0.3, -0.25) is 9.36 Å². The molecule has 0 atom stereocenters. The number of hydrogen-bond donors (Lipinski definition) is 1. The summed E-state index contributed by atoms with van der Waals surface area (Å²) in [7, 11) is 0. The Morgan fingerprint density at radius 1 is 1.64 bits per heavy atom. The molecule has 1 saturated carbocycles. The first-order chi connectivity index (χ1) is 6.66. The topological polar surface area (TPSA) is 60.9 Å². The van der Waals surface area contributed by atoms with Gasteiger partial charge in [0.2, 0.25) is 5.95 Å². The van der Waals surface area contributed by atoms with Crippen LogP contribution in [-0.2, 0) is 6.54 Å². The van der Waals surface area contributed by atoms with Gasteiger partial charge in [0.05, 0.1) is 0 Å². The van der Waals surface area contributed by atoms with E-state index in [1.165, 1.54) is 25.3 Å². The maximum absolute atomic E-state index is 11.6. The van der Waals surface area contributed by atoms with Crippen LogP contribution >= 0.6 is 0 Å². The number of nitrogens with two attached hydrogens (primary N) is 1.